The Labute approximate surface area is 120 Å². The second-order valence-electron chi connectivity index (χ2n) is 5.15. The Bertz CT molecular complexity index is 717. The fourth-order valence-electron chi connectivity index (χ4n) is 2.21. The summed E-state index contributed by atoms with van der Waals surface area (Å²) >= 11 is 0. The molecule has 0 aliphatic carbocycles. The lowest BCUT2D eigenvalue weighted by molar-refractivity contribution is -0.384. The van der Waals surface area contributed by atoms with Gasteiger partial charge in [-0.05, 0) is 19.4 Å². The van der Waals surface area contributed by atoms with Gasteiger partial charge in [-0.3, -0.25) is 10.1 Å². The number of pyridine rings is 1. The minimum atomic E-state index is -3.21. The molecule has 1 aliphatic heterocycles. The van der Waals surface area contributed by atoms with Gasteiger partial charge in [-0.25, -0.2) is 18.2 Å². The zero-order valence-corrected chi connectivity index (χ0v) is 11.9. The summed E-state index contributed by atoms with van der Waals surface area (Å²) in [5.74, 6) is -1.77. The quantitative estimate of drug-likeness (QED) is 0.610. The van der Waals surface area contributed by atoms with Crippen LogP contribution in [0.15, 0.2) is 12.1 Å². The Kier molecular flexibility index (Phi) is 3.58. The van der Waals surface area contributed by atoms with Crippen LogP contribution in [0.3, 0.4) is 0 Å². The molecular weight excluding hydrogens is 302 g/mol. The van der Waals surface area contributed by atoms with E-state index in [0.29, 0.717) is 0 Å². The van der Waals surface area contributed by atoms with Gasteiger partial charge in [0.25, 0.3) is 0 Å². The van der Waals surface area contributed by atoms with E-state index in [0.717, 1.165) is 12.1 Å². The molecule has 1 aromatic heterocycles. The molecule has 0 amide bonds. The molecule has 2 heterocycles. The van der Waals surface area contributed by atoms with Crippen LogP contribution in [0.25, 0.3) is 0 Å². The minimum absolute atomic E-state index is 0.0249. The van der Waals surface area contributed by atoms with Crippen molar-refractivity contribution < 1.29 is 23.2 Å². The van der Waals surface area contributed by atoms with E-state index in [2.05, 4.69) is 10.3 Å². The Morgan fingerprint density at radius 3 is 2.67 bits per heavy atom. The van der Waals surface area contributed by atoms with Crippen LogP contribution in [-0.4, -0.2) is 46.4 Å². The van der Waals surface area contributed by atoms with Gasteiger partial charge in [0.1, 0.15) is 0 Å². The van der Waals surface area contributed by atoms with E-state index < -0.39 is 32.0 Å². The van der Waals surface area contributed by atoms with E-state index in [9.17, 15) is 23.3 Å². The van der Waals surface area contributed by atoms with Gasteiger partial charge in [-0.1, -0.05) is 0 Å². The molecule has 0 spiro atoms. The molecule has 1 fully saturated rings. The maximum Gasteiger partial charge on any atom is 0.354 e. The molecular formula is C11H13N3O6S. The summed E-state index contributed by atoms with van der Waals surface area (Å²) in [7, 11) is -3.21. The molecule has 1 aliphatic rings. The average molecular weight is 315 g/mol. The van der Waals surface area contributed by atoms with Crippen molar-refractivity contribution in [2.45, 2.75) is 18.9 Å². The van der Waals surface area contributed by atoms with Gasteiger partial charge >= 0.3 is 11.7 Å². The van der Waals surface area contributed by atoms with E-state index in [4.69, 9.17) is 5.11 Å². The lowest BCUT2D eigenvalue weighted by Gasteiger charge is -2.24. The van der Waals surface area contributed by atoms with Crippen LogP contribution >= 0.6 is 0 Å². The fourth-order valence-corrected chi connectivity index (χ4v) is 4.30. The zero-order chi connectivity index (χ0) is 15.8. The first-order valence-corrected chi connectivity index (χ1v) is 7.81. The van der Waals surface area contributed by atoms with Gasteiger partial charge in [0.15, 0.2) is 15.5 Å². The van der Waals surface area contributed by atoms with Gasteiger partial charge in [-0.15, -0.1) is 0 Å². The Morgan fingerprint density at radius 2 is 2.19 bits per heavy atom. The highest BCUT2D eigenvalue weighted by Crippen LogP contribution is 2.31. The summed E-state index contributed by atoms with van der Waals surface area (Å²) in [6.45, 7) is 1.61. The average Bonchev–Trinajstić information content (AvgIpc) is 2.62. The number of carboxylic acid groups (broad SMARTS) is 1. The van der Waals surface area contributed by atoms with Gasteiger partial charge in [0, 0.05) is 6.07 Å². The summed E-state index contributed by atoms with van der Waals surface area (Å²) in [5, 5.41) is 22.6. The molecule has 10 heteroatoms. The number of nitrogens with zero attached hydrogens (tertiary/aromatic N) is 2. The number of nitrogens with one attached hydrogen (secondary N) is 1. The van der Waals surface area contributed by atoms with Crippen molar-refractivity contribution >= 4 is 27.3 Å². The van der Waals surface area contributed by atoms with Crippen molar-refractivity contribution in [2.24, 2.45) is 0 Å². The molecule has 21 heavy (non-hydrogen) atoms. The van der Waals surface area contributed by atoms with Crippen molar-refractivity contribution in [3.05, 3.63) is 27.9 Å². The number of aromatic carboxylic acids is 1. The van der Waals surface area contributed by atoms with E-state index in [1.807, 2.05) is 0 Å². The van der Waals surface area contributed by atoms with Crippen LogP contribution in [-0.2, 0) is 9.84 Å². The first kappa shape index (κ1) is 15.2. The highest BCUT2D eigenvalue weighted by molar-refractivity contribution is 7.91. The van der Waals surface area contributed by atoms with Crippen molar-refractivity contribution in [2.75, 3.05) is 16.8 Å². The Hall–Kier alpha value is -2.23. The lowest BCUT2D eigenvalue weighted by Crippen LogP contribution is -2.36. The van der Waals surface area contributed by atoms with Crippen LogP contribution in [0.5, 0.6) is 0 Å². The third-order valence-electron chi connectivity index (χ3n) is 3.21. The maximum absolute atomic E-state index is 11.5. The molecule has 1 unspecified atom stereocenters. The largest absolute Gasteiger partial charge is 0.477 e. The molecule has 2 rings (SSSR count). The topological polar surface area (TPSA) is 140 Å². The number of carbonyl (C=O) groups is 1. The van der Waals surface area contributed by atoms with Crippen molar-refractivity contribution in [1.29, 1.82) is 0 Å². The van der Waals surface area contributed by atoms with E-state index >= 15 is 0 Å². The highest BCUT2D eigenvalue weighted by Gasteiger charge is 2.40. The smallest absolute Gasteiger partial charge is 0.354 e. The first-order valence-electron chi connectivity index (χ1n) is 5.99. The first-order chi connectivity index (χ1) is 9.62. The number of hydrogen-bond acceptors (Lipinski definition) is 7. The fraction of sp³-hybridized carbons (Fsp3) is 0.455. The standard InChI is InChI=1S/C11H13N3O6S/c1-11(4-5-21(19,20)6-11)13-9-8(14(17)18)3-2-7(12-9)10(15)16/h2-3H,4-6H2,1H3,(H,12,13)(H,15,16). The Balaban J connectivity index is 2.40. The Morgan fingerprint density at radius 1 is 1.52 bits per heavy atom. The number of hydrogen-bond donors (Lipinski definition) is 2. The van der Waals surface area contributed by atoms with Gasteiger partial charge < -0.3 is 10.4 Å². The number of aromatic nitrogens is 1. The number of rotatable bonds is 4. The molecule has 1 aromatic rings. The van der Waals surface area contributed by atoms with Crippen molar-refractivity contribution in [3.8, 4) is 0 Å². The van der Waals surface area contributed by atoms with E-state index in [1.165, 1.54) is 0 Å². The van der Waals surface area contributed by atoms with Crippen LogP contribution in [0.2, 0.25) is 0 Å². The van der Waals surface area contributed by atoms with Gasteiger partial charge in [0.2, 0.25) is 5.82 Å². The van der Waals surface area contributed by atoms with Crippen molar-refractivity contribution in [1.82, 2.24) is 4.98 Å². The summed E-state index contributed by atoms with van der Waals surface area (Å²) in [6, 6.07) is 2.06. The molecule has 0 bridgehead atoms. The molecule has 114 valence electrons. The monoisotopic (exact) mass is 315 g/mol. The van der Waals surface area contributed by atoms with Crippen LogP contribution < -0.4 is 5.32 Å². The van der Waals surface area contributed by atoms with Crippen molar-refractivity contribution in [3.63, 3.8) is 0 Å². The molecule has 0 aromatic carbocycles. The molecule has 0 radical (unpaired) electrons. The van der Waals surface area contributed by atoms with Crippen LogP contribution in [0.1, 0.15) is 23.8 Å². The van der Waals surface area contributed by atoms with E-state index in [1.54, 1.807) is 6.92 Å². The second kappa shape index (κ2) is 4.95. The normalized spacial score (nSPS) is 23.7. The lowest BCUT2D eigenvalue weighted by atomic mass is 10.0. The molecule has 1 saturated heterocycles. The second-order valence-corrected chi connectivity index (χ2v) is 7.34. The van der Waals surface area contributed by atoms with Gasteiger partial charge in [0.05, 0.1) is 22.0 Å². The zero-order valence-electron chi connectivity index (χ0n) is 11.1. The summed E-state index contributed by atoms with van der Waals surface area (Å²) in [5.41, 5.74) is -1.66. The number of sulfone groups is 1. The van der Waals surface area contributed by atoms with Gasteiger partial charge in [-0.2, -0.15) is 0 Å². The summed E-state index contributed by atoms with van der Waals surface area (Å²) < 4.78 is 23.1. The summed E-state index contributed by atoms with van der Waals surface area (Å²) in [6.07, 6.45) is 0.269. The minimum Gasteiger partial charge on any atom is -0.477 e. The highest BCUT2D eigenvalue weighted by atomic mass is 32.2. The summed E-state index contributed by atoms with van der Waals surface area (Å²) in [4.78, 5) is 24.9. The molecule has 9 nitrogen and oxygen atoms in total. The molecule has 0 saturated carbocycles. The molecule has 1 atom stereocenters. The third kappa shape index (κ3) is 3.27. The SMILES string of the molecule is CC1(Nc2nc(C(=O)O)ccc2[N+](=O)[O-])CCS(=O)(=O)C1. The van der Waals surface area contributed by atoms with Crippen LogP contribution in [0, 0.1) is 10.1 Å². The molecule has 2 N–H and O–H groups in total. The third-order valence-corrected chi connectivity index (χ3v) is 5.12. The van der Waals surface area contributed by atoms with Crippen LogP contribution in [0.4, 0.5) is 11.5 Å². The maximum atomic E-state index is 11.5. The number of anilines is 1. The predicted molar refractivity (Wildman–Crippen MR) is 73.1 cm³/mol. The predicted octanol–water partition coefficient (Wildman–Crippen LogP) is 0.677. The van der Waals surface area contributed by atoms with E-state index in [-0.39, 0.29) is 29.4 Å². The number of nitro groups is 1. The number of carboxylic acids is 1.